The summed E-state index contributed by atoms with van der Waals surface area (Å²) in [6.45, 7) is 0. The first-order chi connectivity index (χ1) is 24.1. The van der Waals surface area contributed by atoms with E-state index in [2.05, 4.69) is 52.9 Å². The summed E-state index contributed by atoms with van der Waals surface area (Å²) in [5.41, 5.74) is 7.58. The molecule has 49 heavy (non-hydrogen) atoms. The molecule has 11 rings (SSSR count). The lowest BCUT2D eigenvalue weighted by Crippen LogP contribution is -2.23. The van der Waals surface area contributed by atoms with Gasteiger partial charge in [0.05, 0.1) is 16.6 Å². The molecule has 7 aromatic carbocycles. The number of fused-ring (bicyclic) bond motifs is 14. The molecule has 2 aliphatic heterocycles. The van der Waals surface area contributed by atoms with Crippen LogP contribution in [0.5, 0.6) is 0 Å². The van der Waals surface area contributed by atoms with Crippen LogP contribution in [0.3, 0.4) is 0 Å². The molecule has 4 nitrogen and oxygen atoms in total. The minimum absolute atomic E-state index is 0.783. The molecule has 0 fully saturated rings. The number of hydrogen-bond donors (Lipinski definition) is 0. The number of pyridine rings is 1. The van der Waals surface area contributed by atoms with E-state index >= 15 is 9.13 Å². The zero-order valence-corrected chi connectivity index (χ0v) is 27.9. The molecule has 230 valence electrons. The van der Waals surface area contributed by atoms with Crippen molar-refractivity contribution in [2.24, 2.45) is 0 Å². The largest absolute Gasteiger partial charge is 0.309 e. The molecule has 0 saturated heterocycles. The summed E-state index contributed by atoms with van der Waals surface area (Å²) in [6.07, 6.45) is 0. The Morgan fingerprint density at radius 1 is 0.429 bits per heavy atom. The van der Waals surface area contributed by atoms with Gasteiger partial charge in [0.25, 0.3) is 0 Å². The Kier molecular flexibility index (Phi) is 5.34. The van der Waals surface area contributed by atoms with E-state index in [0.29, 0.717) is 0 Å². The highest BCUT2D eigenvalue weighted by atomic mass is 31.2. The van der Waals surface area contributed by atoms with Gasteiger partial charge in [-0.2, -0.15) is 0 Å². The molecule has 0 unspecified atom stereocenters. The molecule has 6 heteroatoms. The molecule has 9 aromatic rings. The van der Waals surface area contributed by atoms with Gasteiger partial charge < -0.3 is 9.13 Å². The predicted molar refractivity (Wildman–Crippen MR) is 204 cm³/mol. The molecule has 0 N–H and O–H groups in total. The third-order valence-electron chi connectivity index (χ3n) is 10.6. The fourth-order valence-corrected chi connectivity index (χ4v) is 14.8. The third-order valence-corrected chi connectivity index (χ3v) is 16.9. The van der Waals surface area contributed by atoms with Crippen molar-refractivity contribution < 1.29 is 9.13 Å². The maximum Gasteiger partial charge on any atom is 0.174 e. The first kappa shape index (κ1) is 27.4. The smallest absolute Gasteiger partial charge is 0.174 e. The molecular weight excluding hydrogens is 638 g/mol. The van der Waals surface area contributed by atoms with Crippen molar-refractivity contribution in [2.45, 2.75) is 0 Å². The van der Waals surface area contributed by atoms with Crippen LogP contribution in [-0.4, -0.2) is 9.38 Å². The number of hydrogen-bond acceptors (Lipinski definition) is 3. The van der Waals surface area contributed by atoms with Gasteiger partial charge in [0.1, 0.15) is 5.65 Å². The van der Waals surface area contributed by atoms with Crippen LogP contribution in [0.1, 0.15) is 0 Å². The van der Waals surface area contributed by atoms with Crippen molar-refractivity contribution in [2.75, 3.05) is 0 Å². The maximum absolute atomic E-state index is 16.0. The van der Waals surface area contributed by atoms with Crippen LogP contribution >= 0.6 is 14.3 Å². The van der Waals surface area contributed by atoms with Crippen molar-refractivity contribution in [3.05, 3.63) is 158 Å². The maximum atomic E-state index is 16.0. The van der Waals surface area contributed by atoms with Crippen molar-refractivity contribution in [1.29, 1.82) is 0 Å². The monoisotopic (exact) mass is 664 g/mol. The molecule has 0 aliphatic carbocycles. The predicted octanol–water partition coefficient (Wildman–Crippen LogP) is 8.03. The van der Waals surface area contributed by atoms with Crippen molar-refractivity contribution in [3.8, 4) is 22.3 Å². The zero-order valence-electron chi connectivity index (χ0n) is 26.1. The van der Waals surface area contributed by atoms with E-state index in [1.165, 1.54) is 0 Å². The van der Waals surface area contributed by atoms with E-state index in [1.54, 1.807) is 0 Å². The minimum atomic E-state index is -3.32. The number of imidazole rings is 1. The molecule has 2 aromatic heterocycles. The van der Waals surface area contributed by atoms with Crippen LogP contribution in [0.15, 0.2) is 158 Å². The Balaban J connectivity index is 1.30. The van der Waals surface area contributed by atoms with Gasteiger partial charge in [0.2, 0.25) is 0 Å². The lowest BCUT2D eigenvalue weighted by Gasteiger charge is -2.21. The summed E-state index contributed by atoms with van der Waals surface area (Å²) in [7, 11) is -6.51. The second-order valence-corrected chi connectivity index (χ2v) is 18.3. The number of nitrogens with zero attached hydrogens (tertiary/aromatic N) is 2. The summed E-state index contributed by atoms with van der Waals surface area (Å²) in [5, 5.41) is 7.89. The Morgan fingerprint density at radius 3 is 1.55 bits per heavy atom. The van der Waals surface area contributed by atoms with Crippen LogP contribution in [0.2, 0.25) is 0 Å². The molecule has 0 bridgehead atoms. The molecule has 4 heterocycles. The van der Waals surface area contributed by atoms with Crippen molar-refractivity contribution in [1.82, 2.24) is 9.38 Å². The van der Waals surface area contributed by atoms with Gasteiger partial charge in [-0.25, -0.2) is 4.98 Å². The van der Waals surface area contributed by atoms with Crippen molar-refractivity contribution >= 4 is 84.5 Å². The molecule has 0 spiro atoms. The van der Waals surface area contributed by atoms with Crippen LogP contribution in [0.25, 0.3) is 60.6 Å². The van der Waals surface area contributed by atoms with Gasteiger partial charge in [-0.05, 0) is 58.0 Å². The molecule has 0 atom stereocenters. The summed E-state index contributed by atoms with van der Waals surface area (Å²) >= 11 is 0. The van der Waals surface area contributed by atoms with Crippen LogP contribution in [-0.2, 0) is 9.13 Å². The topological polar surface area (TPSA) is 51.4 Å². The minimum Gasteiger partial charge on any atom is -0.309 e. The van der Waals surface area contributed by atoms with Gasteiger partial charge in [-0.3, -0.25) is 4.40 Å². The second-order valence-electron chi connectivity index (χ2n) is 12.9. The van der Waals surface area contributed by atoms with E-state index < -0.39 is 14.3 Å². The first-order valence-electron chi connectivity index (χ1n) is 16.4. The SMILES string of the molecule is O=P1(c2ccc3c(c2)c2cccc(P4(=O)c5ccccc5-c5ccccc54)c2n2c4ccccc4nc32)c2ccccc2-c2ccccc21. The summed E-state index contributed by atoms with van der Waals surface area (Å²) in [4.78, 5) is 5.19. The van der Waals surface area contributed by atoms with E-state index in [1.807, 2.05) is 109 Å². The summed E-state index contributed by atoms with van der Waals surface area (Å²) in [6, 6.07) is 53.0. The van der Waals surface area contributed by atoms with E-state index in [4.69, 9.17) is 4.98 Å². The normalized spacial score (nSPS) is 15.0. The highest BCUT2D eigenvalue weighted by Crippen LogP contribution is 2.55. The number of aromatic nitrogens is 2. The Labute approximate surface area is 282 Å². The third kappa shape index (κ3) is 3.33. The van der Waals surface area contributed by atoms with Gasteiger partial charge >= 0.3 is 0 Å². The highest BCUT2D eigenvalue weighted by molar-refractivity contribution is 7.87. The van der Waals surface area contributed by atoms with E-state index in [9.17, 15) is 0 Å². The molecular formula is C43H26N2O2P2. The van der Waals surface area contributed by atoms with Crippen LogP contribution in [0.4, 0.5) is 0 Å². The average Bonchev–Trinajstić information content (AvgIpc) is 3.77. The Hall–Kier alpha value is -5.53. The summed E-state index contributed by atoms with van der Waals surface area (Å²) < 4.78 is 33.8. The molecule has 0 saturated carbocycles. The van der Waals surface area contributed by atoms with E-state index in [-0.39, 0.29) is 0 Å². The average molecular weight is 665 g/mol. The van der Waals surface area contributed by atoms with Gasteiger partial charge in [-0.15, -0.1) is 0 Å². The standard InChI is InChI=1S/C43H26N2O2P2/c46-48(37-19-7-1-12-28(37)29-13-2-8-20-38(29)48)27-24-25-33-34(26-27)32-16-11-23-41(42(32)45-36-18-6-5-17-35(36)44-43(33)45)49(47)39-21-9-3-14-30(39)31-15-4-10-22-40(31)49/h1-26H. The highest BCUT2D eigenvalue weighted by Gasteiger charge is 2.42. The van der Waals surface area contributed by atoms with Crippen LogP contribution in [0, 0.1) is 0 Å². The van der Waals surface area contributed by atoms with Gasteiger partial charge in [-0.1, -0.05) is 127 Å². The first-order valence-corrected chi connectivity index (χ1v) is 19.9. The molecule has 2 aliphatic rings. The Bertz CT molecular complexity index is 2930. The summed E-state index contributed by atoms with van der Waals surface area (Å²) in [5.74, 6) is 0. The number of para-hydroxylation sites is 3. The van der Waals surface area contributed by atoms with E-state index in [0.717, 1.165) is 92.4 Å². The molecule has 0 radical (unpaired) electrons. The van der Waals surface area contributed by atoms with Crippen molar-refractivity contribution in [3.63, 3.8) is 0 Å². The molecule has 0 amide bonds. The number of benzene rings is 7. The van der Waals surface area contributed by atoms with Crippen LogP contribution < -0.4 is 31.8 Å². The van der Waals surface area contributed by atoms with Gasteiger partial charge in [0.15, 0.2) is 14.3 Å². The lowest BCUT2D eigenvalue weighted by molar-refractivity contribution is 0.592. The Morgan fingerprint density at radius 2 is 0.939 bits per heavy atom. The fraction of sp³-hybridized carbons (Fsp3) is 0. The quantitative estimate of drug-likeness (QED) is 0.139. The fourth-order valence-electron chi connectivity index (χ4n) is 8.52. The number of rotatable bonds is 2. The zero-order chi connectivity index (χ0) is 32.5. The van der Waals surface area contributed by atoms with Gasteiger partial charge in [0, 0.05) is 42.6 Å². The second kappa shape index (κ2) is 9.55. The lowest BCUT2D eigenvalue weighted by atomic mass is 10.1.